The first-order valence-electron chi connectivity index (χ1n) is 8.06. The summed E-state index contributed by atoms with van der Waals surface area (Å²) in [7, 11) is -1.31. The normalized spacial score (nSPS) is 16.0. The Morgan fingerprint density at radius 3 is 1.32 bits per heavy atom. The van der Waals surface area contributed by atoms with Crippen LogP contribution in [0.1, 0.15) is 27.7 Å². The Bertz CT molecular complexity index is 660. The molecule has 2 aromatic carbocycles. The lowest BCUT2D eigenvalue weighted by Crippen LogP contribution is -2.46. The molecule has 0 aliphatic heterocycles. The molecule has 0 unspecified atom stereocenters. The zero-order valence-corrected chi connectivity index (χ0v) is 15.1. The number of hydrogen-bond donors (Lipinski definition) is 0. The third kappa shape index (κ3) is 2.50. The highest BCUT2D eigenvalue weighted by Crippen LogP contribution is 2.42. The van der Waals surface area contributed by atoms with Crippen molar-refractivity contribution >= 4 is 19.2 Å². The van der Waals surface area contributed by atoms with Gasteiger partial charge in [0.2, 0.25) is 0 Å². The fourth-order valence-corrected chi connectivity index (χ4v) is 7.71. The van der Waals surface area contributed by atoms with Crippen LogP contribution in [0.4, 0.5) is 0 Å². The second-order valence-electron chi connectivity index (χ2n) is 6.39. The Kier molecular flexibility index (Phi) is 4.17. The molecule has 1 aliphatic rings. The maximum atomic E-state index is 2.34. The molecular weight excluding hydrogens is 280 g/mol. The van der Waals surface area contributed by atoms with Crippen molar-refractivity contribution in [3.63, 3.8) is 0 Å². The van der Waals surface area contributed by atoms with Crippen LogP contribution in [0.2, 0.25) is 5.54 Å². The largest absolute Gasteiger partial charge is 0.114 e. The highest BCUT2D eigenvalue weighted by molar-refractivity contribution is 6.87. The first-order chi connectivity index (χ1) is 10.6. The molecule has 0 bridgehead atoms. The van der Waals surface area contributed by atoms with Gasteiger partial charge in [-0.25, -0.2) is 0 Å². The summed E-state index contributed by atoms with van der Waals surface area (Å²) >= 11 is 0. The van der Waals surface area contributed by atoms with Crippen LogP contribution in [-0.2, 0) is 0 Å². The molecule has 0 N–H and O–H groups in total. The fraction of sp³-hybridized carbons (Fsp3) is 0.238. The van der Waals surface area contributed by atoms with Crippen LogP contribution in [0.3, 0.4) is 0 Å². The third-order valence-electron chi connectivity index (χ3n) is 5.33. The van der Waals surface area contributed by atoms with Crippen LogP contribution in [0, 0.1) is 0 Å². The topological polar surface area (TPSA) is 0 Å². The Morgan fingerprint density at radius 1 is 0.591 bits per heavy atom. The van der Waals surface area contributed by atoms with Gasteiger partial charge in [0.15, 0.2) is 0 Å². The van der Waals surface area contributed by atoms with Gasteiger partial charge in [-0.3, -0.25) is 0 Å². The van der Waals surface area contributed by atoms with Crippen LogP contribution in [0.25, 0.3) is 0 Å². The molecule has 0 atom stereocenters. The van der Waals surface area contributed by atoms with E-state index in [0.717, 1.165) is 0 Å². The molecule has 0 saturated carbocycles. The molecule has 1 aliphatic carbocycles. The summed E-state index contributed by atoms with van der Waals surface area (Å²) in [6, 6.07) is 22.3. The summed E-state index contributed by atoms with van der Waals surface area (Å²) in [5.74, 6) is 0. The lowest BCUT2D eigenvalue weighted by molar-refractivity contribution is 1.10. The zero-order chi connectivity index (χ0) is 15.7. The summed E-state index contributed by atoms with van der Waals surface area (Å²) < 4.78 is 0. The van der Waals surface area contributed by atoms with Crippen molar-refractivity contribution in [3.8, 4) is 0 Å². The second-order valence-corrected chi connectivity index (χ2v) is 9.35. The van der Waals surface area contributed by atoms with Crippen molar-refractivity contribution in [1.29, 1.82) is 0 Å². The van der Waals surface area contributed by atoms with Gasteiger partial charge in [-0.1, -0.05) is 82.2 Å². The average Bonchev–Trinajstić information content (AvgIpc) is 2.75. The molecule has 0 spiro atoms. The van der Waals surface area contributed by atoms with Crippen LogP contribution in [-0.4, -0.2) is 8.80 Å². The Hall–Kier alpha value is -1.86. The lowest BCUT2D eigenvalue weighted by Gasteiger charge is -2.26. The van der Waals surface area contributed by atoms with E-state index in [1.165, 1.54) is 11.1 Å². The Balaban J connectivity index is 2.16. The van der Waals surface area contributed by atoms with E-state index in [-0.39, 0.29) is 0 Å². The Labute approximate surface area is 135 Å². The van der Waals surface area contributed by atoms with Gasteiger partial charge in [0, 0.05) is 5.54 Å². The monoisotopic (exact) mass is 304 g/mol. The predicted molar refractivity (Wildman–Crippen MR) is 99.8 cm³/mol. The number of rotatable bonds is 3. The fourth-order valence-electron chi connectivity index (χ4n) is 3.78. The molecule has 2 aromatic rings. The minimum Gasteiger partial charge on any atom is -0.0652 e. The molecule has 0 nitrogen and oxygen atoms in total. The van der Waals surface area contributed by atoms with Crippen molar-refractivity contribution in [1.82, 2.24) is 0 Å². The standard InChI is InChI=1S/C21H24Si/c1-15-16(2)18(4)21(17(15)3)22(19-11-7-5-8-12-19)20-13-9-6-10-14-20/h5-14,21-22H,1-4H3. The lowest BCUT2D eigenvalue weighted by atomic mass is 10.1. The molecular formula is C21H24Si. The van der Waals surface area contributed by atoms with Crippen LogP contribution in [0.15, 0.2) is 83.0 Å². The predicted octanol–water partition coefficient (Wildman–Crippen LogP) is 4.08. The van der Waals surface area contributed by atoms with Gasteiger partial charge in [0.05, 0.1) is 0 Å². The van der Waals surface area contributed by atoms with Crippen LogP contribution in [0.5, 0.6) is 0 Å². The summed E-state index contributed by atoms with van der Waals surface area (Å²) in [6.07, 6.45) is 0. The van der Waals surface area contributed by atoms with Gasteiger partial charge < -0.3 is 0 Å². The van der Waals surface area contributed by atoms with Crippen molar-refractivity contribution in [2.75, 3.05) is 0 Å². The van der Waals surface area contributed by atoms with Gasteiger partial charge in [-0.15, -0.1) is 0 Å². The smallest absolute Gasteiger partial charge is 0.0652 e. The third-order valence-corrected chi connectivity index (χ3v) is 9.20. The first-order valence-corrected chi connectivity index (χ1v) is 9.88. The second kappa shape index (κ2) is 6.10. The van der Waals surface area contributed by atoms with E-state index in [4.69, 9.17) is 0 Å². The van der Waals surface area contributed by atoms with E-state index in [2.05, 4.69) is 88.4 Å². The SMILES string of the molecule is CC1=C(C)C([SiH](c2ccccc2)c2ccccc2)C(C)=C1C. The van der Waals surface area contributed by atoms with E-state index in [1.54, 1.807) is 21.5 Å². The van der Waals surface area contributed by atoms with E-state index in [0.29, 0.717) is 5.54 Å². The zero-order valence-electron chi connectivity index (χ0n) is 13.9. The molecule has 22 heavy (non-hydrogen) atoms. The van der Waals surface area contributed by atoms with E-state index in [9.17, 15) is 0 Å². The number of benzene rings is 2. The first kappa shape index (κ1) is 15.0. The molecule has 0 fully saturated rings. The van der Waals surface area contributed by atoms with Gasteiger partial charge in [-0.05, 0) is 38.8 Å². The molecule has 3 rings (SSSR count). The number of hydrogen-bond acceptors (Lipinski definition) is 0. The number of allylic oxidation sites excluding steroid dienone is 4. The highest BCUT2D eigenvalue weighted by atomic mass is 28.3. The molecule has 0 amide bonds. The van der Waals surface area contributed by atoms with Crippen LogP contribution >= 0.6 is 0 Å². The molecule has 0 saturated heterocycles. The summed E-state index contributed by atoms with van der Waals surface area (Å²) in [5, 5.41) is 3.08. The molecule has 0 radical (unpaired) electrons. The summed E-state index contributed by atoms with van der Waals surface area (Å²) in [4.78, 5) is 0. The van der Waals surface area contributed by atoms with Gasteiger partial charge >= 0.3 is 0 Å². The van der Waals surface area contributed by atoms with Crippen molar-refractivity contribution < 1.29 is 0 Å². The Morgan fingerprint density at radius 2 is 0.955 bits per heavy atom. The van der Waals surface area contributed by atoms with Gasteiger partial charge in [0.1, 0.15) is 8.80 Å². The van der Waals surface area contributed by atoms with Crippen molar-refractivity contribution in [3.05, 3.63) is 83.0 Å². The van der Waals surface area contributed by atoms with Crippen molar-refractivity contribution in [2.45, 2.75) is 33.2 Å². The van der Waals surface area contributed by atoms with Gasteiger partial charge in [-0.2, -0.15) is 0 Å². The minimum atomic E-state index is -1.31. The molecule has 0 heterocycles. The van der Waals surface area contributed by atoms with Crippen molar-refractivity contribution in [2.24, 2.45) is 0 Å². The van der Waals surface area contributed by atoms with E-state index in [1.807, 2.05) is 0 Å². The quantitative estimate of drug-likeness (QED) is 0.749. The summed E-state index contributed by atoms with van der Waals surface area (Å²) in [5.41, 5.74) is 6.79. The summed E-state index contributed by atoms with van der Waals surface area (Å²) in [6.45, 7) is 9.25. The maximum Gasteiger partial charge on any atom is 0.114 e. The average molecular weight is 305 g/mol. The molecule has 112 valence electrons. The minimum absolute atomic E-state index is 0.616. The van der Waals surface area contributed by atoms with Gasteiger partial charge in [0.25, 0.3) is 0 Å². The van der Waals surface area contributed by atoms with E-state index >= 15 is 0 Å². The maximum absolute atomic E-state index is 2.34. The molecule has 1 heteroatoms. The van der Waals surface area contributed by atoms with E-state index < -0.39 is 8.80 Å². The molecule has 0 aromatic heterocycles. The van der Waals surface area contributed by atoms with Crippen LogP contribution < -0.4 is 10.4 Å². The highest BCUT2D eigenvalue weighted by Gasteiger charge is 2.34.